The van der Waals surface area contributed by atoms with Crippen LogP contribution < -0.4 is 5.32 Å². The molecule has 0 saturated carbocycles. The second kappa shape index (κ2) is 5.91. The molecule has 3 rings (SSSR count). The Hall–Kier alpha value is -1.43. The number of hydrogen-bond donors (Lipinski definition) is 2. The Morgan fingerprint density at radius 2 is 2.05 bits per heavy atom. The lowest BCUT2D eigenvalue weighted by atomic mass is 10.2. The van der Waals surface area contributed by atoms with E-state index in [0.717, 1.165) is 43.0 Å². The summed E-state index contributed by atoms with van der Waals surface area (Å²) < 4.78 is 2.15. The van der Waals surface area contributed by atoms with E-state index in [4.69, 9.17) is 4.98 Å². The second-order valence-corrected chi connectivity index (χ2v) is 5.30. The average molecular weight is 274 g/mol. The van der Waals surface area contributed by atoms with Gasteiger partial charge in [0.05, 0.1) is 23.7 Å². The van der Waals surface area contributed by atoms with Gasteiger partial charge in [0.1, 0.15) is 5.82 Å². The first-order valence-electron chi connectivity index (χ1n) is 7.32. The maximum absolute atomic E-state index is 9.34. The monoisotopic (exact) mass is 274 g/mol. The lowest BCUT2D eigenvalue weighted by molar-refractivity contribution is 0.174. The Morgan fingerprint density at radius 1 is 1.30 bits per heavy atom. The first-order valence-corrected chi connectivity index (χ1v) is 7.32. The average Bonchev–Trinajstić information content (AvgIpc) is 2.87. The van der Waals surface area contributed by atoms with E-state index < -0.39 is 0 Å². The summed E-state index contributed by atoms with van der Waals surface area (Å²) in [6.07, 6.45) is 0. The van der Waals surface area contributed by atoms with Crippen LogP contribution in [-0.2, 0) is 6.54 Å². The number of para-hydroxylation sites is 2. The summed E-state index contributed by atoms with van der Waals surface area (Å²) in [5.74, 6) is 1.06. The fourth-order valence-corrected chi connectivity index (χ4v) is 2.98. The molecule has 5 heteroatoms. The Kier molecular flexibility index (Phi) is 4.00. The van der Waals surface area contributed by atoms with Crippen molar-refractivity contribution in [3.63, 3.8) is 0 Å². The van der Waals surface area contributed by atoms with Crippen LogP contribution in [0.2, 0.25) is 0 Å². The molecule has 1 aliphatic heterocycles. The zero-order valence-electron chi connectivity index (χ0n) is 11.9. The van der Waals surface area contributed by atoms with Gasteiger partial charge in [0.25, 0.3) is 0 Å². The van der Waals surface area contributed by atoms with E-state index in [1.165, 1.54) is 0 Å². The zero-order valence-corrected chi connectivity index (χ0v) is 11.9. The minimum Gasteiger partial charge on any atom is -0.395 e. The summed E-state index contributed by atoms with van der Waals surface area (Å²) in [5.41, 5.74) is 2.12. The van der Waals surface area contributed by atoms with Crippen LogP contribution in [-0.4, -0.2) is 52.3 Å². The Balaban J connectivity index is 1.98. The molecule has 108 valence electrons. The third kappa shape index (κ3) is 2.44. The molecule has 0 bridgehead atoms. The molecule has 2 heterocycles. The van der Waals surface area contributed by atoms with Gasteiger partial charge in [0.15, 0.2) is 0 Å². The summed E-state index contributed by atoms with van der Waals surface area (Å²) in [6.45, 7) is 7.11. The zero-order chi connectivity index (χ0) is 13.9. The molecule has 1 unspecified atom stereocenters. The second-order valence-electron chi connectivity index (χ2n) is 5.30. The highest BCUT2D eigenvalue weighted by atomic mass is 16.3. The van der Waals surface area contributed by atoms with Crippen LogP contribution in [0.1, 0.15) is 18.8 Å². The van der Waals surface area contributed by atoms with Crippen molar-refractivity contribution in [3.8, 4) is 0 Å². The van der Waals surface area contributed by atoms with Gasteiger partial charge < -0.3 is 15.0 Å². The summed E-state index contributed by atoms with van der Waals surface area (Å²) in [6, 6.07) is 8.43. The maximum atomic E-state index is 9.34. The number of aliphatic hydroxyl groups is 1. The summed E-state index contributed by atoms with van der Waals surface area (Å²) in [7, 11) is 0. The highest BCUT2D eigenvalue weighted by Gasteiger charge is 2.23. The van der Waals surface area contributed by atoms with Crippen molar-refractivity contribution in [2.75, 3.05) is 32.8 Å². The molecule has 0 radical (unpaired) electrons. The third-order valence-electron chi connectivity index (χ3n) is 4.08. The quantitative estimate of drug-likeness (QED) is 0.873. The Bertz CT molecular complexity index is 574. The molecule has 1 saturated heterocycles. The molecule has 1 aromatic carbocycles. The molecular weight excluding hydrogens is 252 g/mol. The van der Waals surface area contributed by atoms with Gasteiger partial charge in [-0.2, -0.15) is 0 Å². The highest BCUT2D eigenvalue weighted by molar-refractivity contribution is 5.76. The molecular formula is C15H22N4O. The molecule has 1 aliphatic rings. The van der Waals surface area contributed by atoms with Gasteiger partial charge in [0, 0.05) is 32.7 Å². The normalized spacial score (nSPS) is 18.5. The molecule has 2 N–H and O–H groups in total. The van der Waals surface area contributed by atoms with Crippen molar-refractivity contribution in [3.05, 3.63) is 30.1 Å². The maximum Gasteiger partial charge on any atom is 0.127 e. The van der Waals surface area contributed by atoms with Crippen LogP contribution in [0.25, 0.3) is 11.0 Å². The van der Waals surface area contributed by atoms with Crippen molar-refractivity contribution in [2.24, 2.45) is 0 Å². The Morgan fingerprint density at radius 3 is 2.80 bits per heavy atom. The van der Waals surface area contributed by atoms with Crippen molar-refractivity contribution in [1.82, 2.24) is 19.8 Å². The number of aliphatic hydroxyl groups excluding tert-OH is 1. The van der Waals surface area contributed by atoms with Gasteiger partial charge in [-0.05, 0) is 19.1 Å². The molecule has 1 fully saturated rings. The summed E-state index contributed by atoms with van der Waals surface area (Å²) >= 11 is 0. The molecule has 0 aliphatic carbocycles. The SMILES string of the molecule is CC(c1nc2ccccc2n1CCO)N1CCNCC1. The minimum absolute atomic E-state index is 0.141. The van der Waals surface area contributed by atoms with Gasteiger partial charge >= 0.3 is 0 Å². The van der Waals surface area contributed by atoms with Gasteiger partial charge in [-0.1, -0.05) is 12.1 Å². The molecule has 2 aromatic rings. The van der Waals surface area contributed by atoms with E-state index in [1.807, 2.05) is 18.2 Å². The van der Waals surface area contributed by atoms with E-state index in [9.17, 15) is 5.11 Å². The molecule has 1 atom stereocenters. The molecule has 1 aromatic heterocycles. The standard InChI is InChI=1S/C15H22N4O/c1-12(18-8-6-16-7-9-18)15-17-13-4-2-3-5-14(13)19(15)10-11-20/h2-5,12,16,20H,6-11H2,1H3. The van der Waals surface area contributed by atoms with Crippen molar-refractivity contribution < 1.29 is 5.11 Å². The van der Waals surface area contributed by atoms with Crippen molar-refractivity contribution >= 4 is 11.0 Å². The van der Waals surface area contributed by atoms with Gasteiger partial charge in [0.2, 0.25) is 0 Å². The first kappa shape index (κ1) is 13.5. The number of aromatic nitrogens is 2. The largest absolute Gasteiger partial charge is 0.395 e. The minimum atomic E-state index is 0.141. The molecule has 0 spiro atoms. The summed E-state index contributed by atoms with van der Waals surface area (Å²) in [4.78, 5) is 7.25. The first-order chi connectivity index (χ1) is 9.81. The van der Waals surface area contributed by atoms with Crippen LogP contribution in [0.5, 0.6) is 0 Å². The number of benzene rings is 1. The van der Waals surface area contributed by atoms with Crippen LogP contribution >= 0.6 is 0 Å². The number of fused-ring (bicyclic) bond motifs is 1. The number of nitrogens with one attached hydrogen (secondary N) is 1. The fourth-order valence-electron chi connectivity index (χ4n) is 2.98. The van der Waals surface area contributed by atoms with Crippen LogP contribution in [0, 0.1) is 0 Å². The van der Waals surface area contributed by atoms with E-state index in [1.54, 1.807) is 0 Å². The lowest BCUT2D eigenvalue weighted by Gasteiger charge is -2.32. The Labute approximate surface area is 119 Å². The van der Waals surface area contributed by atoms with Crippen molar-refractivity contribution in [2.45, 2.75) is 19.5 Å². The van der Waals surface area contributed by atoms with E-state index in [0.29, 0.717) is 6.54 Å². The summed E-state index contributed by atoms with van der Waals surface area (Å²) in [5, 5.41) is 12.7. The number of piperazine rings is 1. The number of rotatable bonds is 4. The van der Waals surface area contributed by atoms with Gasteiger partial charge in [-0.25, -0.2) is 4.98 Å². The van der Waals surface area contributed by atoms with Gasteiger partial charge in [-0.15, -0.1) is 0 Å². The van der Waals surface area contributed by atoms with Crippen LogP contribution in [0.4, 0.5) is 0 Å². The van der Waals surface area contributed by atoms with E-state index >= 15 is 0 Å². The topological polar surface area (TPSA) is 53.3 Å². The number of imidazole rings is 1. The highest BCUT2D eigenvalue weighted by Crippen LogP contribution is 2.24. The van der Waals surface area contributed by atoms with Crippen molar-refractivity contribution in [1.29, 1.82) is 0 Å². The third-order valence-corrected chi connectivity index (χ3v) is 4.08. The predicted octanol–water partition coefficient (Wildman–Crippen LogP) is 0.995. The van der Waals surface area contributed by atoms with E-state index in [-0.39, 0.29) is 12.6 Å². The fraction of sp³-hybridized carbons (Fsp3) is 0.533. The van der Waals surface area contributed by atoms with Crippen LogP contribution in [0.3, 0.4) is 0 Å². The van der Waals surface area contributed by atoms with Crippen LogP contribution in [0.15, 0.2) is 24.3 Å². The predicted molar refractivity (Wildman–Crippen MR) is 79.7 cm³/mol. The molecule has 0 amide bonds. The molecule has 5 nitrogen and oxygen atoms in total. The molecule has 20 heavy (non-hydrogen) atoms. The number of hydrogen-bond acceptors (Lipinski definition) is 4. The van der Waals surface area contributed by atoms with Gasteiger partial charge in [-0.3, -0.25) is 4.90 Å². The number of nitrogens with zero attached hydrogens (tertiary/aromatic N) is 3. The van der Waals surface area contributed by atoms with E-state index in [2.05, 4.69) is 27.8 Å². The smallest absolute Gasteiger partial charge is 0.127 e. The lowest BCUT2D eigenvalue weighted by Crippen LogP contribution is -2.45.